The number of nitrogens with one attached hydrogen (secondary N) is 2. The lowest BCUT2D eigenvalue weighted by molar-refractivity contribution is 1.08. The molecular weight excluding hydrogens is 272 g/mol. The smallest absolute Gasteiger partial charge is 0.156 e. The minimum absolute atomic E-state index is 0.809. The number of fused-ring (bicyclic) bond motifs is 1. The van der Waals surface area contributed by atoms with Crippen molar-refractivity contribution in [2.24, 2.45) is 0 Å². The van der Waals surface area contributed by atoms with Crippen molar-refractivity contribution in [3.63, 3.8) is 0 Å². The quantitative estimate of drug-likeness (QED) is 0.579. The maximum absolute atomic E-state index is 4.59. The summed E-state index contributed by atoms with van der Waals surface area (Å²) in [5, 5.41) is 7.49. The van der Waals surface area contributed by atoms with Crippen molar-refractivity contribution in [3.8, 4) is 22.8 Å². The molecule has 0 saturated carbocycles. The van der Waals surface area contributed by atoms with Gasteiger partial charge in [-0.05, 0) is 49.2 Å². The van der Waals surface area contributed by atoms with Crippen LogP contribution in [0, 0.1) is 13.8 Å². The molecule has 108 valence electrons. The molecule has 0 radical (unpaired) electrons. The highest BCUT2D eigenvalue weighted by atomic mass is 15.1. The second kappa shape index (κ2) is 4.84. The van der Waals surface area contributed by atoms with Crippen LogP contribution in [0.4, 0.5) is 0 Å². The van der Waals surface area contributed by atoms with Gasteiger partial charge >= 0.3 is 0 Å². The van der Waals surface area contributed by atoms with Crippen LogP contribution in [0.3, 0.4) is 0 Å². The molecular formula is C18H16N4. The Labute approximate surface area is 128 Å². The summed E-state index contributed by atoms with van der Waals surface area (Å²) in [4.78, 5) is 7.91. The number of hydrogen-bond donors (Lipinski definition) is 2. The summed E-state index contributed by atoms with van der Waals surface area (Å²) in [5.74, 6) is 0.809. The Bertz CT molecular complexity index is 929. The number of imidazole rings is 1. The Hall–Kier alpha value is -2.88. The number of aromatic nitrogens is 4. The molecule has 2 aromatic carbocycles. The van der Waals surface area contributed by atoms with Gasteiger partial charge in [-0.15, -0.1) is 0 Å². The second-order valence-electron chi connectivity index (χ2n) is 5.57. The molecule has 0 fully saturated rings. The number of para-hydroxylation sites is 2. The molecule has 0 spiro atoms. The van der Waals surface area contributed by atoms with E-state index in [-0.39, 0.29) is 0 Å². The van der Waals surface area contributed by atoms with Crippen molar-refractivity contribution >= 4 is 11.0 Å². The molecule has 0 bridgehead atoms. The molecule has 4 nitrogen and oxygen atoms in total. The Kier molecular flexibility index (Phi) is 2.82. The van der Waals surface area contributed by atoms with Gasteiger partial charge in [0.25, 0.3) is 0 Å². The molecule has 2 aromatic heterocycles. The molecule has 4 rings (SSSR count). The lowest BCUT2D eigenvalue weighted by Gasteiger charge is -2.01. The molecule has 4 aromatic rings. The minimum Gasteiger partial charge on any atom is -0.337 e. The number of aromatic amines is 2. The average Bonchev–Trinajstić information content (AvgIpc) is 3.15. The molecule has 0 amide bonds. The fourth-order valence-electron chi connectivity index (χ4n) is 2.57. The van der Waals surface area contributed by atoms with Crippen LogP contribution in [0.25, 0.3) is 33.8 Å². The number of aryl methyl sites for hydroxylation is 2. The van der Waals surface area contributed by atoms with Crippen molar-refractivity contribution in [2.75, 3.05) is 0 Å². The van der Waals surface area contributed by atoms with Crippen LogP contribution in [0.1, 0.15) is 11.1 Å². The van der Waals surface area contributed by atoms with E-state index in [4.69, 9.17) is 0 Å². The van der Waals surface area contributed by atoms with Gasteiger partial charge in [-0.2, -0.15) is 5.10 Å². The van der Waals surface area contributed by atoms with E-state index in [1.165, 1.54) is 11.1 Å². The maximum atomic E-state index is 4.59. The molecule has 0 aliphatic heterocycles. The number of rotatable bonds is 2. The molecule has 0 saturated heterocycles. The van der Waals surface area contributed by atoms with E-state index in [1.807, 2.05) is 30.3 Å². The highest BCUT2D eigenvalue weighted by Gasteiger charge is 2.10. The zero-order chi connectivity index (χ0) is 15.1. The predicted octanol–water partition coefficient (Wildman–Crippen LogP) is 4.24. The monoisotopic (exact) mass is 288 g/mol. The van der Waals surface area contributed by atoms with Gasteiger partial charge < -0.3 is 4.98 Å². The van der Waals surface area contributed by atoms with Gasteiger partial charge in [0, 0.05) is 5.56 Å². The van der Waals surface area contributed by atoms with Crippen LogP contribution < -0.4 is 0 Å². The highest BCUT2D eigenvalue weighted by molar-refractivity contribution is 5.79. The topological polar surface area (TPSA) is 57.4 Å². The largest absolute Gasteiger partial charge is 0.337 e. The first-order chi connectivity index (χ1) is 10.7. The van der Waals surface area contributed by atoms with E-state index >= 15 is 0 Å². The van der Waals surface area contributed by atoms with Crippen molar-refractivity contribution in [3.05, 3.63) is 59.7 Å². The molecule has 0 unspecified atom stereocenters. The van der Waals surface area contributed by atoms with Gasteiger partial charge in [0.2, 0.25) is 0 Å². The Morgan fingerprint density at radius 2 is 1.77 bits per heavy atom. The van der Waals surface area contributed by atoms with Crippen LogP contribution in [0.15, 0.2) is 48.5 Å². The predicted molar refractivity (Wildman–Crippen MR) is 88.6 cm³/mol. The minimum atomic E-state index is 0.809. The summed E-state index contributed by atoms with van der Waals surface area (Å²) in [6.07, 6.45) is 0. The third-order valence-corrected chi connectivity index (χ3v) is 4.03. The summed E-state index contributed by atoms with van der Waals surface area (Å²) < 4.78 is 0. The van der Waals surface area contributed by atoms with Crippen molar-refractivity contribution in [1.29, 1.82) is 0 Å². The number of hydrogen-bond acceptors (Lipinski definition) is 2. The second-order valence-corrected chi connectivity index (χ2v) is 5.57. The van der Waals surface area contributed by atoms with Crippen LogP contribution in [-0.4, -0.2) is 20.2 Å². The van der Waals surface area contributed by atoms with Crippen LogP contribution in [0.5, 0.6) is 0 Å². The zero-order valence-electron chi connectivity index (χ0n) is 12.5. The highest BCUT2D eigenvalue weighted by Crippen LogP contribution is 2.25. The SMILES string of the molecule is Cc1ccc(-c2cc(-c3nc4ccccc4[nH]3)[nH]n2)cc1C. The van der Waals surface area contributed by atoms with E-state index in [1.54, 1.807) is 0 Å². The molecule has 2 N–H and O–H groups in total. The third kappa shape index (κ3) is 2.09. The van der Waals surface area contributed by atoms with E-state index < -0.39 is 0 Å². The van der Waals surface area contributed by atoms with Gasteiger partial charge in [-0.25, -0.2) is 4.98 Å². The first-order valence-corrected chi connectivity index (χ1v) is 7.29. The standard InChI is InChI=1S/C18H16N4/c1-11-7-8-13(9-12(11)2)16-10-17(22-21-16)18-19-14-5-3-4-6-15(14)20-18/h3-10H,1-2H3,(H,19,20)(H,21,22). The summed E-state index contributed by atoms with van der Waals surface area (Å²) in [6.45, 7) is 4.23. The first kappa shape index (κ1) is 12.8. The summed E-state index contributed by atoms with van der Waals surface area (Å²) >= 11 is 0. The molecule has 0 aliphatic rings. The normalized spacial score (nSPS) is 11.2. The Balaban J connectivity index is 1.75. The van der Waals surface area contributed by atoms with Crippen molar-refractivity contribution in [1.82, 2.24) is 20.2 Å². The lowest BCUT2D eigenvalue weighted by Crippen LogP contribution is -1.83. The fraction of sp³-hybridized carbons (Fsp3) is 0.111. The Morgan fingerprint density at radius 3 is 2.59 bits per heavy atom. The fourth-order valence-corrected chi connectivity index (χ4v) is 2.57. The van der Waals surface area contributed by atoms with Gasteiger partial charge in [-0.3, -0.25) is 5.10 Å². The number of nitrogens with zero attached hydrogens (tertiary/aromatic N) is 2. The van der Waals surface area contributed by atoms with Gasteiger partial charge in [0.15, 0.2) is 5.82 Å². The molecule has 0 aliphatic carbocycles. The molecule has 4 heteroatoms. The Morgan fingerprint density at radius 1 is 0.909 bits per heavy atom. The van der Waals surface area contributed by atoms with Crippen molar-refractivity contribution in [2.45, 2.75) is 13.8 Å². The summed E-state index contributed by atoms with van der Waals surface area (Å²) in [7, 11) is 0. The van der Waals surface area contributed by atoms with Crippen molar-refractivity contribution < 1.29 is 0 Å². The molecule has 22 heavy (non-hydrogen) atoms. The average molecular weight is 288 g/mol. The summed E-state index contributed by atoms with van der Waals surface area (Å²) in [6, 6.07) is 16.4. The summed E-state index contributed by atoms with van der Waals surface area (Å²) in [5.41, 5.74) is 7.48. The third-order valence-electron chi connectivity index (χ3n) is 4.03. The maximum Gasteiger partial charge on any atom is 0.156 e. The number of H-pyrrole nitrogens is 2. The van der Waals surface area contributed by atoms with Gasteiger partial charge in [0.05, 0.1) is 16.7 Å². The van der Waals surface area contributed by atoms with Crippen LogP contribution >= 0.6 is 0 Å². The van der Waals surface area contributed by atoms with E-state index in [2.05, 4.69) is 52.2 Å². The van der Waals surface area contributed by atoms with Crippen LogP contribution in [0.2, 0.25) is 0 Å². The molecule has 0 atom stereocenters. The van der Waals surface area contributed by atoms with E-state index in [9.17, 15) is 0 Å². The first-order valence-electron chi connectivity index (χ1n) is 7.29. The van der Waals surface area contributed by atoms with E-state index in [0.717, 1.165) is 33.8 Å². The number of benzene rings is 2. The lowest BCUT2D eigenvalue weighted by atomic mass is 10.0. The van der Waals surface area contributed by atoms with Gasteiger partial charge in [-0.1, -0.05) is 24.3 Å². The molecule has 2 heterocycles. The van der Waals surface area contributed by atoms with Crippen LogP contribution in [-0.2, 0) is 0 Å². The van der Waals surface area contributed by atoms with Gasteiger partial charge in [0.1, 0.15) is 5.69 Å². The van der Waals surface area contributed by atoms with E-state index in [0.29, 0.717) is 0 Å². The zero-order valence-corrected chi connectivity index (χ0v) is 12.5.